The fraction of sp³-hybridized carbons (Fsp3) is 0.357. The van der Waals surface area contributed by atoms with E-state index in [9.17, 15) is 17.6 Å². The van der Waals surface area contributed by atoms with Gasteiger partial charge in [-0.3, -0.25) is 0 Å². The summed E-state index contributed by atoms with van der Waals surface area (Å²) in [6.45, 7) is 6.62. The number of carboxylic acids is 1. The van der Waals surface area contributed by atoms with E-state index in [0.29, 0.717) is 6.04 Å². The summed E-state index contributed by atoms with van der Waals surface area (Å²) in [4.78, 5) is 11.1. The van der Waals surface area contributed by atoms with E-state index in [1.807, 2.05) is 18.2 Å². The monoisotopic (exact) mass is 320 g/mol. The number of halogens is 4. The summed E-state index contributed by atoms with van der Waals surface area (Å²) in [6, 6.07) is 6.92. The third kappa shape index (κ3) is 5.36. The van der Waals surface area contributed by atoms with Gasteiger partial charge in [0.2, 0.25) is 0 Å². The number of rotatable bonds is 2. The average molecular weight is 320 g/mol. The smallest absolute Gasteiger partial charge is 0.475 e. The van der Waals surface area contributed by atoms with Crippen LogP contribution in [0.3, 0.4) is 0 Å². The van der Waals surface area contributed by atoms with E-state index in [1.165, 1.54) is 12.1 Å². The Morgan fingerprint density at radius 2 is 1.91 bits per heavy atom. The van der Waals surface area contributed by atoms with Crippen LogP contribution in [0.1, 0.15) is 0 Å². The number of nitrogens with one attached hydrogen (secondary N) is 1. The molecular weight excluding hydrogens is 304 g/mol. The lowest BCUT2D eigenvalue weighted by atomic mass is 10.1. The zero-order chi connectivity index (χ0) is 16.8. The van der Waals surface area contributed by atoms with Gasteiger partial charge in [-0.05, 0) is 24.3 Å². The summed E-state index contributed by atoms with van der Waals surface area (Å²) < 4.78 is 44.5. The van der Waals surface area contributed by atoms with Crippen molar-refractivity contribution in [2.24, 2.45) is 0 Å². The maximum Gasteiger partial charge on any atom is 0.490 e. The van der Waals surface area contributed by atoms with Gasteiger partial charge in [-0.15, -0.1) is 6.58 Å². The molecular formula is C14H16F4N2O2. The highest BCUT2D eigenvalue weighted by Gasteiger charge is 2.38. The Kier molecular flexibility index (Phi) is 6.36. The van der Waals surface area contributed by atoms with Gasteiger partial charge in [-0.2, -0.15) is 13.2 Å². The molecule has 0 spiro atoms. The Bertz CT molecular complexity index is 503. The Morgan fingerprint density at radius 1 is 1.36 bits per heavy atom. The SMILES string of the molecule is C=CC1CNCCN1c1ccc(F)cc1.O=C(O)C(F)(F)F. The normalized spacial score (nSPS) is 18.2. The van der Waals surface area contributed by atoms with Crippen LogP contribution in [-0.2, 0) is 4.79 Å². The van der Waals surface area contributed by atoms with Crippen molar-refractivity contribution in [3.63, 3.8) is 0 Å². The number of alkyl halides is 3. The van der Waals surface area contributed by atoms with Crippen LogP contribution < -0.4 is 10.2 Å². The summed E-state index contributed by atoms with van der Waals surface area (Å²) in [6.07, 6.45) is -3.16. The van der Waals surface area contributed by atoms with Gasteiger partial charge in [0.25, 0.3) is 0 Å². The fourth-order valence-electron chi connectivity index (χ4n) is 1.89. The van der Waals surface area contributed by atoms with Crippen LogP contribution in [0.15, 0.2) is 36.9 Å². The van der Waals surface area contributed by atoms with Crippen molar-refractivity contribution in [2.75, 3.05) is 24.5 Å². The maximum absolute atomic E-state index is 12.8. The molecule has 0 aromatic heterocycles. The highest BCUT2D eigenvalue weighted by Crippen LogP contribution is 2.19. The van der Waals surface area contributed by atoms with Crippen molar-refractivity contribution in [3.05, 3.63) is 42.7 Å². The second-order valence-electron chi connectivity index (χ2n) is 4.48. The number of carbonyl (C=O) groups is 1. The number of aliphatic carboxylic acids is 1. The predicted molar refractivity (Wildman–Crippen MR) is 74.3 cm³/mol. The summed E-state index contributed by atoms with van der Waals surface area (Å²) in [5, 5.41) is 10.4. The first-order chi connectivity index (χ1) is 10.3. The Labute approximate surface area is 125 Å². The molecule has 1 unspecified atom stereocenters. The van der Waals surface area contributed by atoms with Crippen LogP contribution in [0.25, 0.3) is 0 Å². The van der Waals surface area contributed by atoms with Gasteiger partial charge in [0.15, 0.2) is 0 Å². The zero-order valence-electron chi connectivity index (χ0n) is 11.6. The largest absolute Gasteiger partial charge is 0.490 e. The number of hydrogen-bond acceptors (Lipinski definition) is 3. The molecule has 1 aliphatic heterocycles. The second kappa shape index (κ2) is 7.79. The van der Waals surface area contributed by atoms with Crippen LogP contribution >= 0.6 is 0 Å². The Morgan fingerprint density at radius 3 is 2.36 bits per heavy atom. The van der Waals surface area contributed by atoms with Crippen LogP contribution in [0.4, 0.5) is 23.2 Å². The zero-order valence-corrected chi connectivity index (χ0v) is 11.6. The first kappa shape index (κ1) is 18.0. The minimum absolute atomic E-state index is 0.191. The van der Waals surface area contributed by atoms with E-state index in [0.717, 1.165) is 25.3 Å². The number of carboxylic acid groups (broad SMARTS) is 1. The molecule has 4 nitrogen and oxygen atoms in total. The molecule has 0 aliphatic carbocycles. The number of hydrogen-bond donors (Lipinski definition) is 2. The van der Waals surface area contributed by atoms with Crippen LogP contribution in [-0.4, -0.2) is 42.9 Å². The molecule has 1 atom stereocenters. The van der Waals surface area contributed by atoms with Crippen LogP contribution in [0.5, 0.6) is 0 Å². The minimum Gasteiger partial charge on any atom is -0.475 e. The van der Waals surface area contributed by atoms with Gasteiger partial charge in [0.05, 0.1) is 6.04 Å². The molecule has 122 valence electrons. The molecule has 0 bridgehead atoms. The van der Waals surface area contributed by atoms with Crippen molar-refractivity contribution in [3.8, 4) is 0 Å². The van der Waals surface area contributed by atoms with Crippen LogP contribution in [0, 0.1) is 5.82 Å². The van der Waals surface area contributed by atoms with Gasteiger partial charge in [-0.1, -0.05) is 6.08 Å². The van der Waals surface area contributed by atoms with Crippen molar-refractivity contribution in [1.82, 2.24) is 5.32 Å². The standard InChI is InChI=1S/C12H15FN2.C2HF3O2/c1-2-11-9-14-7-8-15(11)12-5-3-10(13)4-6-12;3-2(4,5)1(6)7/h2-6,11,14H,1,7-9H2;(H,6,7). The Balaban J connectivity index is 0.000000295. The number of piperazine rings is 1. The summed E-state index contributed by atoms with van der Waals surface area (Å²) in [5.41, 5.74) is 1.06. The molecule has 2 rings (SSSR count). The van der Waals surface area contributed by atoms with Crippen molar-refractivity contribution < 1.29 is 27.5 Å². The van der Waals surface area contributed by atoms with E-state index in [2.05, 4.69) is 16.8 Å². The topological polar surface area (TPSA) is 52.6 Å². The molecule has 0 radical (unpaired) electrons. The third-order valence-electron chi connectivity index (χ3n) is 2.96. The highest BCUT2D eigenvalue weighted by molar-refractivity contribution is 5.73. The van der Waals surface area contributed by atoms with Gasteiger partial charge in [0, 0.05) is 25.3 Å². The summed E-state index contributed by atoms with van der Waals surface area (Å²) in [7, 11) is 0. The van der Waals surface area contributed by atoms with E-state index in [1.54, 1.807) is 0 Å². The number of nitrogens with zero attached hydrogens (tertiary/aromatic N) is 1. The highest BCUT2D eigenvalue weighted by atomic mass is 19.4. The molecule has 1 saturated heterocycles. The molecule has 2 N–H and O–H groups in total. The van der Waals surface area contributed by atoms with E-state index < -0.39 is 12.1 Å². The average Bonchev–Trinajstić information content (AvgIpc) is 2.47. The maximum atomic E-state index is 12.8. The third-order valence-corrected chi connectivity index (χ3v) is 2.96. The molecule has 0 amide bonds. The molecule has 1 aromatic carbocycles. The van der Waals surface area contributed by atoms with Crippen molar-refractivity contribution in [1.29, 1.82) is 0 Å². The first-order valence-electron chi connectivity index (χ1n) is 6.41. The first-order valence-corrected chi connectivity index (χ1v) is 6.41. The lowest BCUT2D eigenvalue weighted by Crippen LogP contribution is -2.50. The van der Waals surface area contributed by atoms with Gasteiger partial charge >= 0.3 is 12.1 Å². The van der Waals surface area contributed by atoms with E-state index in [-0.39, 0.29) is 5.82 Å². The lowest BCUT2D eigenvalue weighted by molar-refractivity contribution is -0.192. The molecule has 8 heteroatoms. The fourth-order valence-corrected chi connectivity index (χ4v) is 1.89. The molecule has 1 aromatic rings. The van der Waals surface area contributed by atoms with Gasteiger partial charge < -0.3 is 15.3 Å². The molecule has 1 heterocycles. The molecule has 1 aliphatic rings. The molecule has 22 heavy (non-hydrogen) atoms. The minimum atomic E-state index is -5.08. The number of benzene rings is 1. The Hall–Kier alpha value is -2.09. The van der Waals surface area contributed by atoms with Crippen molar-refractivity contribution in [2.45, 2.75) is 12.2 Å². The van der Waals surface area contributed by atoms with Crippen LogP contribution in [0.2, 0.25) is 0 Å². The molecule has 0 saturated carbocycles. The van der Waals surface area contributed by atoms with E-state index in [4.69, 9.17) is 9.90 Å². The predicted octanol–water partition coefficient (Wildman–Crippen LogP) is 2.42. The quantitative estimate of drug-likeness (QED) is 0.649. The van der Waals surface area contributed by atoms with Gasteiger partial charge in [0.1, 0.15) is 5.82 Å². The summed E-state index contributed by atoms with van der Waals surface area (Å²) >= 11 is 0. The number of anilines is 1. The van der Waals surface area contributed by atoms with Gasteiger partial charge in [-0.25, -0.2) is 9.18 Å². The van der Waals surface area contributed by atoms with E-state index >= 15 is 0 Å². The second-order valence-corrected chi connectivity index (χ2v) is 4.48. The summed E-state index contributed by atoms with van der Waals surface area (Å²) in [5.74, 6) is -2.95. The molecule has 1 fully saturated rings. The lowest BCUT2D eigenvalue weighted by Gasteiger charge is -2.36. The van der Waals surface area contributed by atoms with Crippen molar-refractivity contribution >= 4 is 11.7 Å².